The first-order valence-corrected chi connectivity index (χ1v) is 11.7. The number of carbonyl (C=O) groups is 1. The van der Waals surface area contributed by atoms with Crippen LogP contribution in [0.25, 0.3) is 0 Å². The van der Waals surface area contributed by atoms with E-state index in [1.54, 1.807) is 0 Å². The van der Waals surface area contributed by atoms with Crippen LogP contribution in [0, 0.1) is 46.3 Å². The first-order valence-electron chi connectivity index (χ1n) is 11.7. The number of fused-ring (bicyclic) bond motifs is 5. The van der Waals surface area contributed by atoms with Crippen molar-refractivity contribution in [2.75, 3.05) is 0 Å². The van der Waals surface area contributed by atoms with E-state index in [2.05, 4.69) is 20.8 Å². The Hall–Kier alpha value is -0.0905. The fourth-order valence-corrected chi connectivity index (χ4v) is 8.73. The Kier molecular flexibility index (Phi) is 6.87. The van der Waals surface area contributed by atoms with Gasteiger partial charge in [0, 0.05) is 6.42 Å². The van der Waals surface area contributed by atoms with Crippen molar-refractivity contribution in [3.63, 3.8) is 0 Å². The number of aliphatic hydroxyl groups is 2. The predicted molar refractivity (Wildman–Crippen MR) is 109 cm³/mol. The monoisotopic (exact) mass is 447 g/mol. The van der Waals surface area contributed by atoms with Gasteiger partial charge in [-0.1, -0.05) is 20.8 Å². The molecule has 29 heavy (non-hydrogen) atoms. The molecule has 4 aliphatic rings. The van der Waals surface area contributed by atoms with Crippen LogP contribution in [0.15, 0.2) is 0 Å². The zero-order valence-corrected chi connectivity index (χ0v) is 19.5. The summed E-state index contributed by atoms with van der Waals surface area (Å²) in [5.41, 5.74) is 0.523. The van der Waals surface area contributed by atoms with Crippen molar-refractivity contribution in [1.29, 1.82) is 0 Å². The van der Waals surface area contributed by atoms with Crippen molar-refractivity contribution >= 4 is 5.97 Å². The molecule has 4 fully saturated rings. The maximum atomic E-state index is 11.2. The van der Waals surface area contributed by atoms with Crippen LogP contribution in [0.1, 0.15) is 85.0 Å². The predicted octanol–water partition coefficient (Wildman–Crippen LogP) is 4.48. The summed E-state index contributed by atoms with van der Waals surface area (Å²) in [6, 6.07) is 0. The molecule has 0 unspecified atom stereocenters. The molecule has 3 N–H and O–H groups in total. The average molecular weight is 448 g/mol. The molecule has 4 saturated carbocycles. The molecule has 5 heteroatoms. The number of aliphatic hydroxyl groups excluding tert-OH is 2. The van der Waals surface area contributed by atoms with E-state index in [0.29, 0.717) is 35.5 Å². The van der Waals surface area contributed by atoms with Crippen LogP contribution in [-0.2, 0) is 21.9 Å². The average Bonchev–Trinajstić information content (AvgIpc) is 2.98. The van der Waals surface area contributed by atoms with Gasteiger partial charge in [-0.25, -0.2) is 0 Å². The van der Waals surface area contributed by atoms with Crippen molar-refractivity contribution < 1.29 is 37.2 Å². The number of aliphatic carboxylic acids is 1. The van der Waals surface area contributed by atoms with E-state index >= 15 is 0 Å². The van der Waals surface area contributed by atoms with Gasteiger partial charge >= 0.3 is 23.0 Å². The molecule has 4 aliphatic carbocycles. The van der Waals surface area contributed by atoms with Gasteiger partial charge in [0.25, 0.3) is 0 Å². The summed E-state index contributed by atoms with van der Waals surface area (Å²) in [6.45, 7) is 7.16. The zero-order valence-electron chi connectivity index (χ0n) is 18.3. The van der Waals surface area contributed by atoms with E-state index in [9.17, 15) is 15.0 Å². The summed E-state index contributed by atoms with van der Waals surface area (Å²) in [4.78, 5) is 11.1. The van der Waals surface area contributed by atoms with E-state index in [1.807, 2.05) is 0 Å². The van der Waals surface area contributed by atoms with Crippen LogP contribution in [-0.4, -0.2) is 33.5 Å². The minimum Gasteiger partial charge on any atom is -0.481 e. The van der Waals surface area contributed by atoms with E-state index in [-0.39, 0.29) is 46.5 Å². The molecular formula is C24H40MnO4+2. The first-order chi connectivity index (χ1) is 13.2. The molecule has 10 atom stereocenters. The maximum Gasteiger partial charge on any atom is 2.00 e. The molecule has 4 nitrogen and oxygen atoms in total. The van der Waals surface area contributed by atoms with Gasteiger partial charge in [0.05, 0.1) is 12.2 Å². The number of carboxylic acid groups (broad SMARTS) is 1. The standard InChI is InChI=1S/C24H40O4.Mn/c1-14(4-7-21(27)28)17-5-6-18-22-19(9-11-24(17,18)3)23(2)10-8-16(25)12-15(23)13-20(22)26;/h14-20,22,25-26H,4-13H2,1-3H3,(H,27,28);/q;+2/t14-,15+,16-,17-,18+,19+,20+,22+,23+,24-;/m1./s1. The Bertz CT molecular complexity index is 612. The van der Waals surface area contributed by atoms with Gasteiger partial charge in [0.15, 0.2) is 0 Å². The second-order valence-corrected chi connectivity index (χ2v) is 11.4. The molecule has 0 saturated heterocycles. The number of carboxylic acids is 1. The molecule has 4 rings (SSSR count). The van der Waals surface area contributed by atoms with Crippen LogP contribution in [0.5, 0.6) is 0 Å². The van der Waals surface area contributed by atoms with Gasteiger partial charge in [0.2, 0.25) is 0 Å². The summed E-state index contributed by atoms with van der Waals surface area (Å²) in [5.74, 6) is 2.36. The third-order valence-electron chi connectivity index (χ3n) is 10.2. The topological polar surface area (TPSA) is 77.8 Å². The molecular weight excluding hydrogens is 407 g/mol. The SMILES string of the molecule is C[C@H](CCC(=O)O)[C@H]1CC[C@H]2[C@@H]3[C@@H](O)C[C@@H]4C[C@H](O)CC[C@]4(C)[C@H]3CC[C@]12C.[Mn+2]. The van der Waals surface area contributed by atoms with Crippen LogP contribution in [0.4, 0.5) is 0 Å². The Labute approximate surface area is 186 Å². The molecule has 0 aliphatic heterocycles. The normalized spacial score (nSPS) is 49.9. The number of hydrogen-bond acceptors (Lipinski definition) is 3. The van der Waals surface area contributed by atoms with Crippen LogP contribution in [0.2, 0.25) is 0 Å². The van der Waals surface area contributed by atoms with Crippen molar-refractivity contribution in [1.82, 2.24) is 0 Å². The van der Waals surface area contributed by atoms with Gasteiger partial charge in [-0.15, -0.1) is 0 Å². The van der Waals surface area contributed by atoms with Crippen LogP contribution < -0.4 is 0 Å². The summed E-state index contributed by atoms with van der Waals surface area (Å²) < 4.78 is 0. The molecule has 1 radical (unpaired) electrons. The Balaban J connectivity index is 0.00000240. The molecule has 0 amide bonds. The minimum absolute atomic E-state index is 0. The van der Waals surface area contributed by atoms with E-state index in [4.69, 9.17) is 5.11 Å². The van der Waals surface area contributed by atoms with Gasteiger partial charge < -0.3 is 15.3 Å². The third kappa shape index (κ3) is 3.83. The van der Waals surface area contributed by atoms with Crippen LogP contribution in [0.3, 0.4) is 0 Å². The smallest absolute Gasteiger partial charge is 0.481 e. The molecule has 0 bridgehead atoms. The van der Waals surface area contributed by atoms with E-state index in [0.717, 1.165) is 32.1 Å². The Morgan fingerprint density at radius 3 is 2.34 bits per heavy atom. The Morgan fingerprint density at radius 2 is 1.66 bits per heavy atom. The van der Waals surface area contributed by atoms with Crippen LogP contribution >= 0.6 is 0 Å². The van der Waals surface area contributed by atoms with Crippen molar-refractivity contribution in [3.8, 4) is 0 Å². The minimum atomic E-state index is -0.684. The van der Waals surface area contributed by atoms with Gasteiger partial charge in [0.1, 0.15) is 0 Å². The molecule has 0 aromatic carbocycles. The maximum absolute atomic E-state index is 11.2. The van der Waals surface area contributed by atoms with Crippen molar-refractivity contribution in [3.05, 3.63) is 0 Å². The third-order valence-corrected chi connectivity index (χ3v) is 10.2. The van der Waals surface area contributed by atoms with Crippen molar-refractivity contribution in [2.24, 2.45) is 46.3 Å². The largest absolute Gasteiger partial charge is 2.00 e. The molecule has 0 heterocycles. The molecule has 165 valence electrons. The summed E-state index contributed by atoms with van der Waals surface area (Å²) in [7, 11) is 0. The molecule has 0 aromatic rings. The second kappa shape index (κ2) is 8.45. The number of rotatable bonds is 4. The van der Waals surface area contributed by atoms with E-state index < -0.39 is 5.97 Å². The quantitative estimate of drug-likeness (QED) is 0.556. The Morgan fingerprint density at radius 1 is 1.00 bits per heavy atom. The van der Waals surface area contributed by atoms with E-state index in [1.165, 1.54) is 25.7 Å². The summed E-state index contributed by atoms with van der Waals surface area (Å²) >= 11 is 0. The summed E-state index contributed by atoms with van der Waals surface area (Å²) in [6.07, 6.45) is 9.19. The van der Waals surface area contributed by atoms with Crippen molar-refractivity contribution in [2.45, 2.75) is 97.2 Å². The molecule has 0 aromatic heterocycles. The van der Waals surface area contributed by atoms with Gasteiger partial charge in [-0.2, -0.15) is 0 Å². The fraction of sp³-hybridized carbons (Fsp3) is 0.958. The van der Waals surface area contributed by atoms with Gasteiger partial charge in [-0.3, -0.25) is 4.79 Å². The first kappa shape index (κ1) is 23.6. The number of hydrogen-bond donors (Lipinski definition) is 3. The summed E-state index contributed by atoms with van der Waals surface area (Å²) in [5, 5.41) is 30.5. The molecule has 0 spiro atoms. The zero-order chi connectivity index (χ0) is 20.3. The second-order valence-electron chi connectivity index (χ2n) is 11.4. The van der Waals surface area contributed by atoms with Gasteiger partial charge in [-0.05, 0) is 104 Å². The fourth-order valence-electron chi connectivity index (χ4n) is 8.73.